The van der Waals surface area contributed by atoms with Crippen LogP contribution in [0.2, 0.25) is 0 Å². The summed E-state index contributed by atoms with van der Waals surface area (Å²) in [6, 6.07) is 8.32. The predicted octanol–water partition coefficient (Wildman–Crippen LogP) is 3.82. The van der Waals surface area contributed by atoms with Gasteiger partial charge in [0.05, 0.1) is 5.56 Å². The number of ether oxygens (including phenoxy) is 1. The Hall–Kier alpha value is -2.28. The normalized spacial score (nSPS) is 16.2. The Morgan fingerprint density at radius 1 is 1.04 bits per heavy atom. The van der Waals surface area contributed by atoms with Crippen molar-refractivity contribution in [2.24, 2.45) is 5.73 Å². The molecule has 3 rings (SSSR count). The number of pyridine rings is 1. The van der Waals surface area contributed by atoms with Gasteiger partial charge in [-0.25, -0.2) is 4.98 Å². The molecule has 0 saturated carbocycles. The van der Waals surface area contributed by atoms with E-state index in [1.54, 1.807) is 18.3 Å². The minimum Gasteiger partial charge on any atom is -0.457 e. The highest BCUT2D eigenvalue weighted by atomic mass is 19.4. The molecule has 0 bridgehead atoms. The summed E-state index contributed by atoms with van der Waals surface area (Å²) < 4.78 is 43.3. The number of anilines is 1. The van der Waals surface area contributed by atoms with Crippen LogP contribution in [-0.4, -0.2) is 24.1 Å². The zero-order valence-corrected chi connectivity index (χ0v) is 13.0. The monoisotopic (exact) mass is 337 g/mol. The van der Waals surface area contributed by atoms with Gasteiger partial charge in [-0.05, 0) is 43.2 Å². The molecule has 0 aliphatic carbocycles. The lowest BCUT2D eigenvalue weighted by molar-refractivity contribution is -0.137. The number of benzene rings is 1. The van der Waals surface area contributed by atoms with Gasteiger partial charge >= 0.3 is 6.18 Å². The Balaban J connectivity index is 1.70. The molecule has 2 heterocycles. The molecule has 1 aliphatic heterocycles. The molecule has 0 radical (unpaired) electrons. The van der Waals surface area contributed by atoms with Crippen LogP contribution in [0.1, 0.15) is 18.4 Å². The highest BCUT2D eigenvalue weighted by molar-refractivity contribution is 5.45. The first kappa shape index (κ1) is 16.6. The third kappa shape index (κ3) is 3.97. The molecule has 1 aromatic carbocycles. The maximum Gasteiger partial charge on any atom is 0.416 e. The van der Waals surface area contributed by atoms with E-state index < -0.39 is 11.7 Å². The molecule has 2 N–H and O–H groups in total. The number of hydrogen-bond acceptors (Lipinski definition) is 4. The first-order valence-electron chi connectivity index (χ1n) is 7.73. The van der Waals surface area contributed by atoms with E-state index in [1.807, 2.05) is 0 Å². The first-order valence-corrected chi connectivity index (χ1v) is 7.73. The van der Waals surface area contributed by atoms with Crippen molar-refractivity contribution in [3.63, 3.8) is 0 Å². The molecule has 2 aromatic rings. The number of nitrogens with two attached hydrogens (primary N) is 1. The van der Waals surface area contributed by atoms with E-state index in [9.17, 15) is 13.2 Å². The summed E-state index contributed by atoms with van der Waals surface area (Å²) in [4.78, 5) is 6.46. The summed E-state index contributed by atoms with van der Waals surface area (Å²) in [6.07, 6.45) is -0.905. The van der Waals surface area contributed by atoms with E-state index in [0.717, 1.165) is 43.9 Å². The lowest BCUT2D eigenvalue weighted by Gasteiger charge is -2.31. The molecule has 0 atom stereocenters. The Morgan fingerprint density at radius 2 is 1.71 bits per heavy atom. The molecule has 1 aromatic heterocycles. The average molecular weight is 337 g/mol. The SMILES string of the molecule is NC1CCN(c2cc(Oc3ccc(C(F)(F)F)cc3)ccn2)CC1. The molecule has 1 aliphatic rings. The predicted molar refractivity (Wildman–Crippen MR) is 85.2 cm³/mol. The second-order valence-corrected chi connectivity index (χ2v) is 5.80. The number of nitrogens with zero attached hydrogens (tertiary/aromatic N) is 2. The Morgan fingerprint density at radius 3 is 2.33 bits per heavy atom. The molecule has 24 heavy (non-hydrogen) atoms. The van der Waals surface area contributed by atoms with Crippen LogP contribution < -0.4 is 15.4 Å². The standard InChI is InChI=1S/C17H18F3N3O/c18-17(19,20)12-1-3-14(4-2-12)24-15-5-8-22-16(11-15)23-9-6-13(21)7-10-23/h1-5,8,11,13H,6-7,9-10,21H2. The molecule has 1 saturated heterocycles. The van der Waals surface area contributed by atoms with E-state index in [2.05, 4.69) is 9.88 Å². The summed E-state index contributed by atoms with van der Waals surface area (Å²) in [5.41, 5.74) is 5.20. The maximum absolute atomic E-state index is 12.6. The van der Waals surface area contributed by atoms with E-state index in [4.69, 9.17) is 10.5 Å². The van der Waals surface area contributed by atoms with Crippen LogP contribution in [0.5, 0.6) is 11.5 Å². The molecule has 0 amide bonds. The van der Waals surface area contributed by atoms with E-state index >= 15 is 0 Å². The largest absolute Gasteiger partial charge is 0.457 e. The third-order valence-electron chi connectivity index (χ3n) is 4.00. The molecule has 128 valence electrons. The summed E-state index contributed by atoms with van der Waals surface area (Å²) >= 11 is 0. The van der Waals surface area contributed by atoms with E-state index in [0.29, 0.717) is 11.5 Å². The molecular formula is C17H18F3N3O. The smallest absolute Gasteiger partial charge is 0.416 e. The van der Waals surface area contributed by atoms with E-state index in [-0.39, 0.29) is 6.04 Å². The second-order valence-electron chi connectivity index (χ2n) is 5.80. The van der Waals surface area contributed by atoms with Gasteiger partial charge in [0.25, 0.3) is 0 Å². The molecule has 0 spiro atoms. The van der Waals surface area contributed by atoms with Gasteiger partial charge < -0.3 is 15.4 Å². The van der Waals surface area contributed by atoms with Crippen LogP contribution in [0.25, 0.3) is 0 Å². The highest BCUT2D eigenvalue weighted by Crippen LogP contribution is 2.32. The fourth-order valence-corrected chi connectivity index (χ4v) is 2.61. The van der Waals surface area contributed by atoms with Crippen molar-refractivity contribution in [2.75, 3.05) is 18.0 Å². The topological polar surface area (TPSA) is 51.4 Å². The van der Waals surface area contributed by atoms with Gasteiger partial charge in [0.1, 0.15) is 17.3 Å². The number of aromatic nitrogens is 1. The first-order chi connectivity index (χ1) is 11.4. The van der Waals surface area contributed by atoms with Gasteiger partial charge in [-0.3, -0.25) is 0 Å². The molecule has 7 heteroatoms. The van der Waals surface area contributed by atoms with Crippen LogP contribution in [0.15, 0.2) is 42.6 Å². The average Bonchev–Trinajstić information content (AvgIpc) is 2.55. The summed E-state index contributed by atoms with van der Waals surface area (Å²) in [7, 11) is 0. The quantitative estimate of drug-likeness (QED) is 0.925. The minimum atomic E-state index is -4.35. The second kappa shape index (κ2) is 6.68. The van der Waals surface area contributed by atoms with Crippen molar-refractivity contribution < 1.29 is 17.9 Å². The Bertz CT molecular complexity index is 680. The number of piperidine rings is 1. The van der Waals surface area contributed by atoms with Crippen molar-refractivity contribution >= 4 is 5.82 Å². The van der Waals surface area contributed by atoms with Gasteiger partial charge in [-0.1, -0.05) is 0 Å². The molecule has 0 unspecified atom stereocenters. The summed E-state index contributed by atoms with van der Waals surface area (Å²) in [5.74, 6) is 1.67. The Labute approximate surface area is 138 Å². The molecular weight excluding hydrogens is 319 g/mol. The summed E-state index contributed by atoms with van der Waals surface area (Å²) in [6.45, 7) is 1.66. The van der Waals surface area contributed by atoms with Crippen LogP contribution in [0, 0.1) is 0 Å². The third-order valence-corrected chi connectivity index (χ3v) is 4.00. The van der Waals surface area contributed by atoms with Gasteiger partial charge in [-0.2, -0.15) is 13.2 Å². The van der Waals surface area contributed by atoms with Crippen molar-refractivity contribution in [1.29, 1.82) is 0 Å². The van der Waals surface area contributed by atoms with Crippen LogP contribution in [-0.2, 0) is 6.18 Å². The van der Waals surface area contributed by atoms with Gasteiger partial charge in [0, 0.05) is 31.4 Å². The zero-order chi connectivity index (χ0) is 17.2. The highest BCUT2D eigenvalue weighted by Gasteiger charge is 2.30. The minimum absolute atomic E-state index is 0.229. The fourth-order valence-electron chi connectivity index (χ4n) is 2.61. The van der Waals surface area contributed by atoms with Gasteiger partial charge in [0.2, 0.25) is 0 Å². The fraction of sp³-hybridized carbons (Fsp3) is 0.353. The maximum atomic E-state index is 12.6. The molecule has 1 fully saturated rings. The lowest BCUT2D eigenvalue weighted by Crippen LogP contribution is -2.40. The van der Waals surface area contributed by atoms with Crippen molar-refractivity contribution in [2.45, 2.75) is 25.1 Å². The van der Waals surface area contributed by atoms with E-state index in [1.165, 1.54) is 12.1 Å². The Kier molecular flexibility index (Phi) is 4.62. The molecule has 4 nitrogen and oxygen atoms in total. The summed E-state index contributed by atoms with van der Waals surface area (Å²) in [5, 5.41) is 0. The lowest BCUT2D eigenvalue weighted by atomic mass is 10.1. The number of halogens is 3. The van der Waals surface area contributed by atoms with Crippen LogP contribution in [0.4, 0.5) is 19.0 Å². The van der Waals surface area contributed by atoms with Gasteiger partial charge in [0.15, 0.2) is 0 Å². The van der Waals surface area contributed by atoms with Crippen LogP contribution >= 0.6 is 0 Å². The van der Waals surface area contributed by atoms with Gasteiger partial charge in [-0.15, -0.1) is 0 Å². The zero-order valence-electron chi connectivity index (χ0n) is 13.0. The number of rotatable bonds is 3. The van der Waals surface area contributed by atoms with Crippen LogP contribution in [0.3, 0.4) is 0 Å². The van der Waals surface area contributed by atoms with Crippen molar-refractivity contribution in [1.82, 2.24) is 4.98 Å². The van der Waals surface area contributed by atoms with Crippen molar-refractivity contribution in [3.8, 4) is 11.5 Å². The number of hydrogen-bond donors (Lipinski definition) is 1. The van der Waals surface area contributed by atoms with Crippen molar-refractivity contribution in [3.05, 3.63) is 48.2 Å². The number of alkyl halides is 3.